The molecule has 4 atom stereocenters. The molecule has 2 aromatic rings. The van der Waals surface area contributed by atoms with Crippen LogP contribution in [0.4, 0.5) is 5.69 Å². The Kier molecular flexibility index (Phi) is 6.01. The molecule has 1 aliphatic heterocycles. The number of carbonyl (C=O) groups excluding carboxylic acids is 3. The van der Waals surface area contributed by atoms with Crippen molar-refractivity contribution >= 4 is 34.5 Å². The van der Waals surface area contributed by atoms with E-state index >= 15 is 0 Å². The Morgan fingerprint density at radius 2 is 1.67 bits per heavy atom. The number of benzene rings is 1. The summed E-state index contributed by atoms with van der Waals surface area (Å²) in [6, 6.07) is 5.94. The number of nitro groups is 1. The number of nitrogens with zero attached hydrogens (tertiary/aromatic N) is 2. The van der Waals surface area contributed by atoms with Gasteiger partial charge in [0.15, 0.2) is 24.5 Å². The molecule has 1 aromatic heterocycles. The molecular formula is C19H20N2O9. The summed E-state index contributed by atoms with van der Waals surface area (Å²) in [6.07, 6.45) is -2.52. The lowest BCUT2D eigenvalue weighted by Crippen LogP contribution is -2.55. The number of hydrogen-bond acceptors (Lipinski definition) is 9. The number of carbonyl (C=O) groups is 3. The van der Waals surface area contributed by atoms with Crippen molar-refractivity contribution in [1.82, 2.24) is 4.57 Å². The first kappa shape index (κ1) is 21.2. The third-order valence-corrected chi connectivity index (χ3v) is 4.51. The molecule has 1 saturated heterocycles. The number of rotatable bonds is 5. The van der Waals surface area contributed by atoms with Gasteiger partial charge < -0.3 is 23.5 Å². The highest BCUT2D eigenvalue weighted by Crippen LogP contribution is 2.34. The van der Waals surface area contributed by atoms with Gasteiger partial charge in [-0.2, -0.15) is 0 Å². The van der Waals surface area contributed by atoms with Gasteiger partial charge in [-0.25, -0.2) is 0 Å². The van der Waals surface area contributed by atoms with Gasteiger partial charge in [-0.1, -0.05) is 0 Å². The van der Waals surface area contributed by atoms with E-state index in [1.165, 1.54) is 32.9 Å². The van der Waals surface area contributed by atoms with Crippen molar-refractivity contribution in [3.63, 3.8) is 0 Å². The smallest absolute Gasteiger partial charge is 0.303 e. The van der Waals surface area contributed by atoms with Crippen molar-refractivity contribution in [3.05, 3.63) is 40.6 Å². The molecule has 0 N–H and O–H groups in total. The summed E-state index contributed by atoms with van der Waals surface area (Å²) in [6.45, 7) is 3.45. The van der Waals surface area contributed by atoms with Gasteiger partial charge in [0.2, 0.25) is 0 Å². The van der Waals surface area contributed by atoms with Crippen LogP contribution < -0.4 is 0 Å². The van der Waals surface area contributed by atoms with Gasteiger partial charge in [-0.15, -0.1) is 0 Å². The molecular weight excluding hydrogens is 400 g/mol. The van der Waals surface area contributed by atoms with Crippen LogP contribution in [-0.2, 0) is 33.3 Å². The average Bonchev–Trinajstić information content (AvgIpc) is 3.06. The minimum Gasteiger partial charge on any atom is -0.456 e. The summed E-state index contributed by atoms with van der Waals surface area (Å²) in [5, 5.41) is 11.6. The molecule has 0 radical (unpaired) electrons. The van der Waals surface area contributed by atoms with E-state index in [9.17, 15) is 24.5 Å². The van der Waals surface area contributed by atoms with Gasteiger partial charge in [0, 0.05) is 44.5 Å². The van der Waals surface area contributed by atoms with Gasteiger partial charge in [0.1, 0.15) is 0 Å². The van der Waals surface area contributed by atoms with Gasteiger partial charge in [-0.3, -0.25) is 24.5 Å². The van der Waals surface area contributed by atoms with E-state index < -0.39 is 47.4 Å². The molecule has 0 saturated carbocycles. The number of fused-ring (bicyclic) bond motifs is 1. The van der Waals surface area contributed by atoms with Crippen LogP contribution in [0.15, 0.2) is 30.5 Å². The third-order valence-electron chi connectivity index (χ3n) is 4.51. The fourth-order valence-corrected chi connectivity index (χ4v) is 3.45. The van der Waals surface area contributed by atoms with E-state index in [1.807, 2.05) is 0 Å². The molecule has 1 aliphatic rings. The number of ether oxygens (including phenoxy) is 4. The fourth-order valence-electron chi connectivity index (χ4n) is 3.45. The molecule has 0 aliphatic carbocycles. The van der Waals surface area contributed by atoms with E-state index in [2.05, 4.69) is 0 Å². The molecule has 0 unspecified atom stereocenters. The molecule has 2 heterocycles. The average molecular weight is 420 g/mol. The molecule has 11 heteroatoms. The number of nitro benzene ring substituents is 1. The minimum absolute atomic E-state index is 0.0749. The van der Waals surface area contributed by atoms with Gasteiger partial charge in [-0.05, 0) is 12.1 Å². The first-order valence-electron chi connectivity index (χ1n) is 9.05. The number of aromatic nitrogens is 1. The summed E-state index contributed by atoms with van der Waals surface area (Å²) < 4.78 is 23.4. The minimum atomic E-state index is -1.13. The van der Waals surface area contributed by atoms with Crippen LogP contribution in [0, 0.1) is 10.1 Å². The van der Waals surface area contributed by atoms with Crippen molar-refractivity contribution < 1.29 is 38.3 Å². The lowest BCUT2D eigenvalue weighted by atomic mass is 10.0. The molecule has 30 heavy (non-hydrogen) atoms. The highest BCUT2D eigenvalue weighted by atomic mass is 16.6. The van der Waals surface area contributed by atoms with Crippen LogP contribution >= 0.6 is 0 Å². The Hall–Kier alpha value is -3.47. The Morgan fingerprint density at radius 1 is 1.03 bits per heavy atom. The molecule has 3 rings (SSSR count). The first-order valence-corrected chi connectivity index (χ1v) is 9.05. The van der Waals surface area contributed by atoms with Crippen molar-refractivity contribution in [3.8, 4) is 0 Å². The van der Waals surface area contributed by atoms with Gasteiger partial charge in [0.25, 0.3) is 5.69 Å². The normalized spacial score (nSPS) is 23.6. The van der Waals surface area contributed by atoms with Crippen LogP contribution in [0.2, 0.25) is 0 Å². The SMILES string of the molecule is CC(=O)O[C@@H]1[C@H](OC(C)=O)[C@H](OC(C)=O)CO[C@H]1n1ccc2cc([N+](=O)[O-])ccc21. The van der Waals surface area contributed by atoms with Crippen LogP contribution in [0.1, 0.15) is 27.0 Å². The topological polar surface area (TPSA) is 136 Å². The summed E-state index contributed by atoms with van der Waals surface area (Å²) in [4.78, 5) is 45.4. The Balaban J connectivity index is 2.03. The molecule has 11 nitrogen and oxygen atoms in total. The summed E-state index contributed by atoms with van der Waals surface area (Å²) in [5.74, 6) is -1.91. The standard InChI is InChI=1S/C19H20N2O9/c1-10(22)28-16-9-27-19(18(30-12(3)24)17(16)29-11(2)23)20-7-6-13-8-14(21(25)26)4-5-15(13)20/h4-8,16-19H,9H2,1-3H3/t16-,17-,18-,19-/m1/s1. The lowest BCUT2D eigenvalue weighted by molar-refractivity contribution is -0.384. The van der Waals surface area contributed by atoms with Crippen LogP contribution in [0.5, 0.6) is 0 Å². The zero-order chi connectivity index (χ0) is 22.0. The maximum atomic E-state index is 11.8. The number of esters is 3. The lowest BCUT2D eigenvalue weighted by Gasteiger charge is -2.41. The van der Waals surface area contributed by atoms with Gasteiger partial charge in [0.05, 0.1) is 17.0 Å². The number of hydrogen-bond donors (Lipinski definition) is 0. The Morgan fingerprint density at radius 3 is 2.27 bits per heavy atom. The monoisotopic (exact) mass is 420 g/mol. The van der Waals surface area contributed by atoms with E-state index in [0.29, 0.717) is 10.9 Å². The fraction of sp³-hybridized carbons (Fsp3) is 0.421. The predicted octanol–water partition coefficient (Wildman–Crippen LogP) is 1.87. The zero-order valence-electron chi connectivity index (χ0n) is 16.5. The van der Waals surface area contributed by atoms with Gasteiger partial charge >= 0.3 is 17.9 Å². The van der Waals surface area contributed by atoms with Crippen LogP contribution in [0.3, 0.4) is 0 Å². The molecule has 1 aromatic carbocycles. The van der Waals surface area contributed by atoms with Crippen LogP contribution in [0.25, 0.3) is 10.9 Å². The maximum Gasteiger partial charge on any atom is 0.303 e. The van der Waals surface area contributed by atoms with Crippen molar-refractivity contribution in [2.45, 2.75) is 45.3 Å². The largest absolute Gasteiger partial charge is 0.456 e. The van der Waals surface area contributed by atoms with Crippen LogP contribution in [-0.4, -0.2) is 52.3 Å². The second kappa shape index (κ2) is 8.49. The summed E-state index contributed by atoms with van der Waals surface area (Å²) >= 11 is 0. The van der Waals surface area contributed by atoms with E-state index in [4.69, 9.17) is 18.9 Å². The third kappa shape index (κ3) is 4.40. The maximum absolute atomic E-state index is 11.8. The van der Waals surface area contributed by atoms with E-state index in [-0.39, 0.29) is 12.3 Å². The highest BCUT2D eigenvalue weighted by Gasteiger charge is 2.47. The molecule has 160 valence electrons. The van der Waals surface area contributed by atoms with Crippen molar-refractivity contribution in [2.24, 2.45) is 0 Å². The van der Waals surface area contributed by atoms with E-state index in [0.717, 1.165) is 0 Å². The molecule has 0 amide bonds. The molecule has 0 bridgehead atoms. The first-order chi connectivity index (χ1) is 14.2. The Labute approximate surface area is 170 Å². The summed E-state index contributed by atoms with van der Waals surface area (Å²) in [7, 11) is 0. The van der Waals surface area contributed by atoms with E-state index in [1.54, 1.807) is 22.9 Å². The Bertz CT molecular complexity index is 999. The van der Waals surface area contributed by atoms with Crippen molar-refractivity contribution in [2.75, 3.05) is 6.61 Å². The second-order valence-corrected chi connectivity index (χ2v) is 6.74. The second-order valence-electron chi connectivity index (χ2n) is 6.74. The number of non-ortho nitro benzene ring substituents is 1. The zero-order valence-corrected chi connectivity index (χ0v) is 16.5. The quantitative estimate of drug-likeness (QED) is 0.307. The highest BCUT2D eigenvalue weighted by molar-refractivity contribution is 5.82. The van der Waals surface area contributed by atoms with Crippen molar-refractivity contribution in [1.29, 1.82) is 0 Å². The summed E-state index contributed by atoms with van der Waals surface area (Å²) in [5.41, 5.74) is 0.504. The predicted molar refractivity (Wildman–Crippen MR) is 100 cm³/mol. The molecule has 1 fully saturated rings. The molecule has 0 spiro atoms.